The van der Waals surface area contributed by atoms with Crippen molar-refractivity contribution in [2.24, 2.45) is 0 Å². The molecule has 17 heavy (non-hydrogen) atoms. The van der Waals surface area contributed by atoms with Crippen molar-refractivity contribution in [2.45, 2.75) is 6.42 Å². The number of methoxy groups -OCH3 is 1. The lowest BCUT2D eigenvalue weighted by molar-refractivity contribution is 0.391. The first-order chi connectivity index (χ1) is 8.19. The van der Waals surface area contributed by atoms with Crippen LogP contribution in [0.25, 0.3) is 0 Å². The maximum Gasteiger partial charge on any atom is 0.233 e. The summed E-state index contributed by atoms with van der Waals surface area (Å²) in [5, 5.41) is 17.7. The van der Waals surface area contributed by atoms with Crippen LogP contribution in [0.5, 0.6) is 11.6 Å². The summed E-state index contributed by atoms with van der Waals surface area (Å²) in [6, 6.07) is 8.70. The molecule has 5 heteroatoms. The van der Waals surface area contributed by atoms with Crippen LogP contribution in [0.2, 0.25) is 5.02 Å². The Morgan fingerprint density at radius 2 is 2.06 bits per heavy atom. The minimum atomic E-state index is 0.0747. The van der Waals surface area contributed by atoms with Gasteiger partial charge in [0.25, 0.3) is 0 Å². The molecule has 1 aromatic heterocycles. The van der Waals surface area contributed by atoms with Gasteiger partial charge in [0.05, 0.1) is 17.8 Å². The molecule has 88 valence electrons. The van der Waals surface area contributed by atoms with Gasteiger partial charge in [-0.05, 0) is 23.8 Å². The van der Waals surface area contributed by atoms with Gasteiger partial charge in [-0.15, -0.1) is 5.10 Å². The third kappa shape index (κ3) is 2.85. The van der Waals surface area contributed by atoms with Crippen molar-refractivity contribution in [3.8, 4) is 11.6 Å². The molecular weight excluding hydrogens is 240 g/mol. The standard InChI is InChI=1S/C12H11ClN2O2/c1-17-12-5-3-9(14-15-12)6-8-2-4-10(13)11(16)7-8/h2-5,7,16H,6H2,1H3. The largest absolute Gasteiger partial charge is 0.506 e. The second kappa shape index (κ2) is 5.01. The van der Waals surface area contributed by atoms with E-state index >= 15 is 0 Å². The number of nitrogens with zero attached hydrogens (tertiary/aromatic N) is 2. The van der Waals surface area contributed by atoms with E-state index in [0.717, 1.165) is 11.3 Å². The van der Waals surface area contributed by atoms with Crippen LogP contribution in [-0.2, 0) is 6.42 Å². The maximum atomic E-state index is 9.47. The third-order valence-electron chi connectivity index (χ3n) is 2.30. The van der Waals surface area contributed by atoms with Gasteiger partial charge in [-0.2, -0.15) is 5.10 Å². The zero-order chi connectivity index (χ0) is 12.3. The van der Waals surface area contributed by atoms with Gasteiger partial charge in [0, 0.05) is 12.5 Å². The number of ether oxygens (including phenoxy) is 1. The van der Waals surface area contributed by atoms with Crippen LogP contribution >= 0.6 is 11.6 Å². The Hall–Kier alpha value is -1.81. The predicted molar refractivity (Wildman–Crippen MR) is 64.5 cm³/mol. The highest BCUT2D eigenvalue weighted by Gasteiger charge is 2.03. The first-order valence-corrected chi connectivity index (χ1v) is 5.41. The Balaban J connectivity index is 2.16. The van der Waals surface area contributed by atoms with Crippen molar-refractivity contribution in [2.75, 3.05) is 7.11 Å². The van der Waals surface area contributed by atoms with Crippen molar-refractivity contribution in [1.29, 1.82) is 0 Å². The SMILES string of the molecule is COc1ccc(Cc2ccc(Cl)c(O)c2)nn1. The lowest BCUT2D eigenvalue weighted by atomic mass is 10.1. The molecule has 0 aliphatic rings. The minimum absolute atomic E-state index is 0.0747. The third-order valence-corrected chi connectivity index (χ3v) is 2.62. The summed E-state index contributed by atoms with van der Waals surface area (Å²) >= 11 is 5.73. The molecule has 2 rings (SSSR count). The van der Waals surface area contributed by atoms with Crippen LogP contribution in [0.15, 0.2) is 30.3 Å². The molecule has 2 aromatic rings. The average Bonchev–Trinajstić information content (AvgIpc) is 2.35. The monoisotopic (exact) mass is 250 g/mol. The number of aromatic hydroxyl groups is 1. The highest BCUT2D eigenvalue weighted by Crippen LogP contribution is 2.24. The average molecular weight is 251 g/mol. The summed E-state index contributed by atoms with van der Waals surface area (Å²) in [7, 11) is 1.54. The number of hydrogen-bond donors (Lipinski definition) is 1. The number of hydrogen-bond acceptors (Lipinski definition) is 4. The smallest absolute Gasteiger partial charge is 0.233 e. The molecule has 0 aliphatic heterocycles. The number of benzene rings is 1. The maximum absolute atomic E-state index is 9.47. The van der Waals surface area contributed by atoms with E-state index in [9.17, 15) is 5.11 Å². The van der Waals surface area contributed by atoms with Crippen LogP contribution in [0.1, 0.15) is 11.3 Å². The summed E-state index contributed by atoms with van der Waals surface area (Å²) in [4.78, 5) is 0. The zero-order valence-electron chi connectivity index (χ0n) is 9.22. The van der Waals surface area contributed by atoms with Gasteiger partial charge in [0.1, 0.15) is 5.75 Å². The fraction of sp³-hybridized carbons (Fsp3) is 0.167. The van der Waals surface area contributed by atoms with E-state index in [1.165, 1.54) is 0 Å². The number of phenols is 1. The van der Waals surface area contributed by atoms with Gasteiger partial charge >= 0.3 is 0 Å². The van der Waals surface area contributed by atoms with Crippen LogP contribution in [-0.4, -0.2) is 22.4 Å². The number of halogens is 1. The van der Waals surface area contributed by atoms with E-state index in [4.69, 9.17) is 16.3 Å². The van der Waals surface area contributed by atoms with Crippen molar-refractivity contribution < 1.29 is 9.84 Å². The molecule has 0 saturated carbocycles. The molecule has 0 spiro atoms. The Labute approximate surface area is 104 Å². The zero-order valence-corrected chi connectivity index (χ0v) is 9.98. The first kappa shape index (κ1) is 11.7. The Kier molecular flexibility index (Phi) is 3.44. The molecule has 0 fully saturated rings. The van der Waals surface area contributed by atoms with E-state index in [2.05, 4.69) is 10.2 Å². The number of rotatable bonds is 3. The molecule has 1 aromatic carbocycles. The van der Waals surface area contributed by atoms with Crippen LogP contribution < -0.4 is 4.74 Å². The highest BCUT2D eigenvalue weighted by atomic mass is 35.5. The molecule has 1 N–H and O–H groups in total. The van der Waals surface area contributed by atoms with Gasteiger partial charge in [0.2, 0.25) is 5.88 Å². The second-order valence-electron chi connectivity index (χ2n) is 3.53. The van der Waals surface area contributed by atoms with Gasteiger partial charge in [-0.25, -0.2) is 0 Å². The molecule has 0 saturated heterocycles. The lowest BCUT2D eigenvalue weighted by Crippen LogP contribution is -1.96. The van der Waals surface area contributed by atoms with E-state index in [1.807, 2.05) is 12.1 Å². The van der Waals surface area contributed by atoms with E-state index < -0.39 is 0 Å². The highest BCUT2D eigenvalue weighted by molar-refractivity contribution is 6.32. The molecule has 1 heterocycles. The van der Waals surface area contributed by atoms with Crippen molar-refractivity contribution >= 4 is 11.6 Å². The molecule has 0 aliphatic carbocycles. The fourth-order valence-corrected chi connectivity index (χ4v) is 1.55. The fourth-order valence-electron chi connectivity index (χ4n) is 1.43. The number of aromatic nitrogens is 2. The topological polar surface area (TPSA) is 55.2 Å². The Bertz CT molecular complexity index is 514. The lowest BCUT2D eigenvalue weighted by Gasteiger charge is -2.03. The van der Waals surface area contributed by atoms with Crippen LogP contribution in [0, 0.1) is 0 Å². The van der Waals surface area contributed by atoms with Gasteiger partial charge in [0.15, 0.2) is 0 Å². The summed E-state index contributed by atoms with van der Waals surface area (Å²) in [5.74, 6) is 0.554. The van der Waals surface area contributed by atoms with Crippen LogP contribution in [0.4, 0.5) is 0 Å². The quantitative estimate of drug-likeness (QED) is 0.909. The molecular formula is C12H11ClN2O2. The molecule has 0 amide bonds. The summed E-state index contributed by atoms with van der Waals surface area (Å²) in [6.07, 6.45) is 0.585. The second-order valence-corrected chi connectivity index (χ2v) is 3.94. The first-order valence-electron chi connectivity index (χ1n) is 5.03. The molecule has 0 atom stereocenters. The molecule has 4 nitrogen and oxygen atoms in total. The van der Waals surface area contributed by atoms with Gasteiger partial charge < -0.3 is 9.84 Å². The van der Waals surface area contributed by atoms with Crippen molar-refractivity contribution in [3.63, 3.8) is 0 Å². The Morgan fingerprint density at radius 3 is 2.65 bits per heavy atom. The predicted octanol–water partition coefficient (Wildman–Crippen LogP) is 2.44. The van der Waals surface area contributed by atoms with Gasteiger partial charge in [-0.1, -0.05) is 17.7 Å². The van der Waals surface area contributed by atoms with Crippen molar-refractivity contribution in [1.82, 2.24) is 10.2 Å². The van der Waals surface area contributed by atoms with Crippen molar-refractivity contribution in [3.05, 3.63) is 46.6 Å². The molecule has 0 unspecified atom stereocenters. The van der Waals surface area contributed by atoms with Gasteiger partial charge in [-0.3, -0.25) is 0 Å². The Morgan fingerprint density at radius 1 is 1.24 bits per heavy atom. The summed E-state index contributed by atoms with van der Waals surface area (Å²) in [5.41, 5.74) is 1.72. The van der Waals surface area contributed by atoms with E-state index in [-0.39, 0.29) is 5.75 Å². The molecule has 0 bridgehead atoms. The minimum Gasteiger partial charge on any atom is -0.506 e. The van der Waals surface area contributed by atoms with E-state index in [0.29, 0.717) is 17.3 Å². The van der Waals surface area contributed by atoms with Crippen LogP contribution in [0.3, 0.4) is 0 Å². The summed E-state index contributed by atoms with van der Waals surface area (Å²) in [6.45, 7) is 0. The van der Waals surface area contributed by atoms with E-state index in [1.54, 1.807) is 25.3 Å². The molecule has 0 radical (unpaired) electrons. The number of phenolic OH excluding ortho intramolecular Hbond substituents is 1. The summed E-state index contributed by atoms with van der Waals surface area (Å²) < 4.78 is 4.92. The normalized spacial score (nSPS) is 10.2.